The maximum absolute atomic E-state index is 9.39. The van der Waals surface area contributed by atoms with E-state index in [2.05, 4.69) is 0 Å². The van der Waals surface area contributed by atoms with E-state index in [9.17, 15) is 10.2 Å². The molecule has 0 fully saturated rings. The van der Waals surface area contributed by atoms with Crippen LogP contribution in [0.15, 0.2) is 11.8 Å². The van der Waals surface area contributed by atoms with Crippen LogP contribution in [-0.4, -0.2) is 15.8 Å². The SMILES string of the molecule is CC=C(O)C(C)CC(C)(C)O. The molecule has 0 amide bonds. The Bertz CT molecular complexity index is 142. The predicted octanol–water partition coefficient (Wildman–Crippen LogP) is 2.25. The van der Waals surface area contributed by atoms with E-state index in [0.29, 0.717) is 12.2 Å². The molecule has 0 aromatic rings. The molecule has 0 saturated heterocycles. The maximum Gasteiger partial charge on any atom is 0.0909 e. The standard InChI is InChI=1S/C9H18O2/c1-5-8(10)7(2)6-9(3,4)11/h5,7,10-11H,6H2,1-4H3. The second kappa shape index (κ2) is 3.77. The lowest BCUT2D eigenvalue weighted by molar-refractivity contribution is 0.0541. The highest BCUT2D eigenvalue weighted by Gasteiger charge is 2.18. The molecule has 2 nitrogen and oxygen atoms in total. The van der Waals surface area contributed by atoms with Crippen LogP contribution in [0.1, 0.15) is 34.1 Å². The quantitative estimate of drug-likeness (QED) is 0.618. The Morgan fingerprint density at radius 2 is 2.00 bits per heavy atom. The number of allylic oxidation sites excluding steroid dienone is 2. The van der Waals surface area contributed by atoms with E-state index in [1.54, 1.807) is 26.8 Å². The van der Waals surface area contributed by atoms with Gasteiger partial charge in [-0.05, 0) is 33.3 Å². The lowest BCUT2D eigenvalue weighted by Crippen LogP contribution is -2.22. The van der Waals surface area contributed by atoms with Gasteiger partial charge in [0.15, 0.2) is 0 Å². The Labute approximate surface area is 68.6 Å². The Morgan fingerprint density at radius 1 is 1.55 bits per heavy atom. The summed E-state index contributed by atoms with van der Waals surface area (Å²) in [6.07, 6.45) is 2.25. The van der Waals surface area contributed by atoms with Gasteiger partial charge in [-0.2, -0.15) is 0 Å². The predicted molar refractivity (Wildman–Crippen MR) is 46.5 cm³/mol. The normalized spacial score (nSPS) is 16.6. The highest BCUT2D eigenvalue weighted by Crippen LogP contribution is 2.20. The van der Waals surface area contributed by atoms with Crippen molar-refractivity contribution < 1.29 is 10.2 Å². The van der Waals surface area contributed by atoms with Gasteiger partial charge in [0, 0.05) is 5.92 Å². The highest BCUT2D eigenvalue weighted by molar-refractivity contribution is 4.94. The summed E-state index contributed by atoms with van der Waals surface area (Å²) >= 11 is 0. The first kappa shape index (κ1) is 10.5. The van der Waals surface area contributed by atoms with Gasteiger partial charge in [0.1, 0.15) is 0 Å². The van der Waals surface area contributed by atoms with Crippen LogP contribution in [0.2, 0.25) is 0 Å². The van der Waals surface area contributed by atoms with Crippen LogP contribution in [0.25, 0.3) is 0 Å². The van der Waals surface area contributed by atoms with Crippen molar-refractivity contribution in [2.24, 2.45) is 5.92 Å². The molecule has 0 aromatic carbocycles. The third-order valence-corrected chi connectivity index (χ3v) is 1.61. The molecule has 2 N–H and O–H groups in total. The molecular formula is C9H18O2. The molecule has 0 aromatic heterocycles. The minimum absolute atomic E-state index is 0.0417. The van der Waals surface area contributed by atoms with Crippen LogP contribution in [0.5, 0.6) is 0 Å². The van der Waals surface area contributed by atoms with Gasteiger partial charge < -0.3 is 10.2 Å². The van der Waals surface area contributed by atoms with Gasteiger partial charge in [0.05, 0.1) is 11.4 Å². The van der Waals surface area contributed by atoms with Crippen molar-refractivity contribution >= 4 is 0 Å². The van der Waals surface area contributed by atoms with Crippen LogP contribution in [-0.2, 0) is 0 Å². The molecule has 0 bridgehead atoms. The Morgan fingerprint density at radius 3 is 2.27 bits per heavy atom. The van der Waals surface area contributed by atoms with Crippen LogP contribution in [0, 0.1) is 5.92 Å². The molecule has 1 atom stereocenters. The zero-order chi connectivity index (χ0) is 9.07. The molecular weight excluding hydrogens is 140 g/mol. The summed E-state index contributed by atoms with van der Waals surface area (Å²) in [4.78, 5) is 0. The second-order valence-electron chi connectivity index (χ2n) is 3.63. The molecule has 0 aliphatic carbocycles. The molecule has 0 rings (SSSR count). The molecule has 0 spiro atoms. The average molecular weight is 158 g/mol. The van der Waals surface area contributed by atoms with Gasteiger partial charge in [-0.25, -0.2) is 0 Å². The zero-order valence-electron chi connectivity index (χ0n) is 7.76. The van der Waals surface area contributed by atoms with Crippen molar-refractivity contribution in [3.8, 4) is 0 Å². The van der Waals surface area contributed by atoms with Gasteiger partial charge in [0.25, 0.3) is 0 Å². The van der Waals surface area contributed by atoms with Gasteiger partial charge in [0.2, 0.25) is 0 Å². The van der Waals surface area contributed by atoms with Crippen LogP contribution >= 0.6 is 0 Å². The third kappa shape index (κ3) is 4.85. The summed E-state index contributed by atoms with van der Waals surface area (Å²) in [5.41, 5.74) is -0.698. The topological polar surface area (TPSA) is 40.5 Å². The molecule has 1 unspecified atom stereocenters. The van der Waals surface area contributed by atoms with Crippen molar-refractivity contribution in [1.29, 1.82) is 0 Å². The molecule has 0 aliphatic rings. The van der Waals surface area contributed by atoms with Crippen LogP contribution in [0.3, 0.4) is 0 Å². The summed E-state index contributed by atoms with van der Waals surface area (Å²) in [6, 6.07) is 0. The summed E-state index contributed by atoms with van der Waals surface area (Å²) in [5, 5.41) is 18.6. The first-order chi connectivity index (χ1) is 4.87. The van der Waals surface area contributed by atoms with E-state index in [1.165, 1.54) is 0 Å². The van der Waals surface area contributed by atoms with Crippen molar-refractivity contribution in [1.82, 2.24) is 0 Å². The summed E-state index contributed by atoms with van der Waals surface area (Å²) in [7, 11) is 0. The molecule has 2 heteroatoms. The highest BCUT2D eigenvalue weighted by atomic mass is 16.3. The lowest BCUT2D eigenvalue weighted by atomic mass is 9.93. The van der Waals surface area contributed by atoms with Crippen molar-refractivity contribution in [3.05, 3.63) is 11.8 Å². The number of aliphatic hydroxyl groups is 2. The van der Waals surface area contributed by atoms with E-state index in [0.717, 1.165) is 0 Å². The van der Waals surface area contributed by atoms with E-state index >= 15 is 0 Å². The Hall–Kier alpha value is -0.500. The molecule has 0 saturated carbocycles. The summed E-state index contributed by atoms with van der Waals surface area (Å²) in [6.45, 7) is 7.17. The molecule has 66 valence electrons. The van der Waals surface area contributed by atoms with Gasteiger partial charge in [-0.15, -0.1) is 0 Å². The average Bonchev–Trinajstić information content (AvgIpc) is 1.82. The smallest absolute Gasteiger partial charge is 0.0909 e. The number of hydrogen-bond donors (Lipinski definition) is 2. The van der Waals surface area contributed by atoms with Crippen LogP contribution < -0.4 is 0 Å². The minimum Gasteiger partial charge on any atom is -0.512 e. The van der Waals surface area contributed by atoms with E-state index in [4.69, 9.17) is 0 Å². The summed E-state index contributed by atoms with van der Waals surface area (Å²) in [5.74, 6) is 0.395. The minimum atomic E-state index is -0.698. The van der Waals surface area contributed by atoms with Crippen molar-refractivity contribution in [3.63, 3.8) is 0 Å². The first-order valence-electron chi connectivity index (χ1n) is 3.94. The fraction of sp³-hybridized carbons (Fsp3) is 0.778. The second-order valence-corrected chi connectivity index (χ2v) is 3.63. The van der Waals surface area contributed by atoms with E-state index in [1.807, 2.05) is 6.92 Å². The third-order valence-electron chi connectivity index (χ3n) is 1.61. The molecule has 0 heterocycles. The monoisotopic (exact) mass is 158 g/mol. The summed E-state index contributed by atoms with van der Waals surface area (Å²) < 4.78 is 0. The first-order valence-corrected chi connectivity index (χ1v) is 3.94. The lowest BCUT2D eigenvalue weighted by Gasteiger charge is -2.21. The Kier molecular flexibility index (Phi) is 3.59. The molecule has 11 heavy (non-hydrogen) atoms. The van der Waals surface area contributed by atoms with Crippen molar-refractivity contribution in [2.75, 3.05) is 0 Å². The number of aliphatic hydroxyl groups excluding tert-OH is 1. The zero-order valence-corrected chi connectivity index (χ0v) is 7.76. The molecule has 0 radical (unpaired) electrons. The maximum atomic E-state index is 9.39. The number of hydrogen-bond acceptors (Lipinski definition) is 2. The number of rotatable bonds is 3. The fourth-order valence-electron chi connectivity index (χ4n) is 1.14. The van der Waals surface area contributed by atoms with E-state index in [-0.39, 0.29) is 5.92 Å². The Balaban J connectivity index is 3.98. The van der Waals surface area contributed by atoms with Gasteiger partial charge >= 0.3 is 0 Å². The van der Waals surface area contributed by atoms with Crippen LogP contribution in [0.4, 0.5) is 0 Å². The van der Waals surface area contributed by atoms with E-state index < -0.39 is 5.60 Å². The fourth-order valence-corrected chi connectivity index (χ4v) is 1.14. The van der Waals surface area contributed by atoms with Gasteiger partial charge in [-0.3, -0.25) is 0 Å². The van der Waals surface area contributed by atoms with Crippen molar-refractivity contribution in [2.45, 2.75) is 39.7 Å². The van der Waals surface area contributed by atoms with Gasteiger partial charge in [-0.1, -0.05) is 6.92 Å². The molecule has 0 aliphatic heterocycles. The largest absolute Gasteiger partial charge is 0.512 e.